The van der Waals surface area contributed by atoms with Crippen LogP contribution in [-0.4, -0.2) is 0 Å². The summed E-state index contributed by atoms with van der Waals surface area (Å²) in [6.45, 7) is 8.81. The van der Waals surface area contributed by atoms with Gasteiger partial charge in [0.1, 0.15) is 0 Å². The molecule has 0 aromatic heterocycles. The summed E-state index contributed by atoms with van der Waals surface area (Å²) in [6, 6.07) is 0. The molecule has 0 N–H and O–H groups in total. The van der Waals surface area contributed by atoms with E-state index in [9.17, 15) is 0 Å². The fourth-order valence-corrected chi connectivity index (χ4v) is 1.29. The van der Waals surface area contributed by atoms with E-state index in [2.05, 4.69) is 39.5 Å². The molecule has 0 rings (SSSR count). The smallest absolute Gasteiger partial charge is 0.0306 e. The monoisotopic (exact) mass is 152 g/mol. The van der Waals surface area contributed by atoms with Gasteiger partial charge in [-0.1, -0.05) is 33.6 Å². The highest BCUT2D eigenvalue weighted by Crippen LogP contribution is 2.28. The minimum absolute atomic E-state index is 0.315. The first-order chi connectivity index (χ1) is 5.24. The summed E-state index contributed by atoms with van der Waals surface area (Å²) < 4.78 is 0. The van der Waals surface area contributed by atoms with Gasteiger partial charge in [-0.25, -0.2) is 0 Å². The molecule has 0 aromatic carbocycles. The van der Waals surface area contributed by atoms with Crippen molar-refractivity contribution in [2.75, 3.05) is 0 Å². The Balaban J connectivity index is 4.28. The van der Waals surface area contributed by atoms with Crippen molar-refractivity contribution in [1.29, 1.82) is 0 Å². The second kappa shape index (κ2) is 5.24. The highest BCUT2D eigenvalue weighted by Gasteiger charge is 2.19. The van der Waals surface area contributed by atoms with Gasteiger partial charge in [-0.2, -0.15) is 0 Å². The van der Waals surface area contributed by atoms with Crippen molar-refractivity contribution in [1.82, 2.24) is 0 Å². The molecule has 0 aromatic rings. The van der Waals surface area contributed by atoms with E-state index in [0.29, 0.717) is 5.41 Å². The maximum absolute atomic E-state index is 3.38. The second-order valence-corrected chi connectivity index (χ2v) is 3.00. The van der Waals surface area contributed by atoms with Crippen LogP contribution in [0.4, 0.5) is 0 Å². The molecule has 0 unspecified atom stereocenters. The molecule has 0 saturated carbocycles. The van der Waals surface area contributed by atoms with Gasteiger partial charge in [-0.3, -0.25) is 0 Å². The molecular weight excluding hydrogens is 132 g/mol. The van der Waals surface area contributed by atoms with E-state index in [0.717, 1.165) is 6.42 Å². The summed E-state index contributed by atoms with van der Waals surface area (Å²) in [5.74, 6) is 6.57. The summed E-state index contributed by atoms with van der Waals surface area (Å²) >= 11 is 0. The van der Waals surface area contributed by atoms with Crippen LogP contribution in [-0.2, 0) is 0 Å². The molecule has 0 fully saturated rings. The first kappa shape index (κ1) is 10.6. The SMILES string of the molecule is CCC#CC(CC)(CC)CC. The highest BCUT2D eigenvalue weighted by atomic mass is 14.2. The van der Waals surface area contributed by atoms with Crippen molar-refractivity contribution in [3.05, 3.63) is 0 Å². The second-order valence-electron chi connectivity index (χ2n) is 3.00. The predicted octanol–water partition coefficient (Wildman–Crippen LogP) is 3.62. The predicted molar refractivity (Wildman–Crippen MR) is 51.4 cm³/mol. The highest BCUT2D eigenvalue weighted by molar-refractivity contribution is 5.10. The van der Waals surface area contributed by atoms with Crippen LogP contribution in [0.1, 0.15) is 53.4 Å². The largest absolute Gasteiger partial charge is 0.103 e. The zero-order valence-electron chi connectivity index (χ0n) is 8.33. The summed E-state index contributed by atoms with van der Waals surface area (Å²) in [5, 5.41) is 0. The molecule has 0 spiro atoms. The van der Waals surface area contributed by atoms with Gasteiger partial charge in [0.25, 0.3) is 0 Å². The van der Waals surface area contributed by atoms with Crippen LogP contribution in [0, 0.1) is 17.3 Å². The Morgan fingerprint density at radius 1 is 0.909 bits per heavy atom. The number of hydrogen-bond acceptors (Lipinski definition) is 0. The van der Waals surface area contributed by atoms with E-state index in [1.165, 1.54) is 19.3 Å². The third-order valence-corrected chi connectivity index (χ3v) is 2.56. The lowest BCUT2D eigenvalue weighted by molar-refractivity contribution is 0.357. The molecule has 0 bridgehead atoms. The molecule has 0 radical (unpaired) electrons. The van der Waals surface area contributed by atoms with Crippen molar-refractivity contribution in [2.45, 2.75) is 53.4 Å². The molecule has 0 nitrogen and oxygen atoms in total. The van der Waals surface area contributed by atoms with Gasteiger partial charge in [0.2, 0.25) is 0 Å². The minimum Gasteiger partial charge on any atom is -0.103 e. The lowest BCUT2D eigenvalue weighted by atomic mass is 9.80. The third-order valence-electron chi connectivity index (χ3n) is 2.56. The van der Waals surface area contributed by atoms with E-state index in [-0.39, 0.29) is 0 Å². The van der Waals surface area contributed by atoms with Crippen LogP contribution in [0.2, 0.25) is 0 Å². The Bertz CT molecular complexity index is 133. The van der Waals surface area contributed by atoms with Gasteiger partial charge in [-0.05, 0) is 19.3 Å². The quantitative estimate of drug-likeness (QED) is 0.542. The molecule has 0 aliphatic heterocycles. The normalized spacial score (nSPS) is 10.5. The zero-order valence-corrected chi connectivity index (χ0v) is 8.33. The van der Waals surface area contributed by atoms with Crippen LogP contribution in [0.3, 0.4) is 0 Å². The Kier molecular flexibility index (Phi) is 5.03. The standard InChI is InChI=1S/C11H20/c1-5-9-10-11(6-2,7-3)8-4/h5-8H2,1-4H3. The van der Waals surface area contributed by atoms with Gasteiger partial charge in [0.15, 0.2) is 0 Å². The Labute approximate surface area is 71.4 Å². The average Bonchev–Trinajstić information content (AvgIpc) is 2.08. The van der Waals surface area contributed by atoms with Gasteiger partial charge in [0, 0.05) is 11.8 Å². The van der Waals surface area contributed by atoms with Crippen molar-refractivity contribution < 1.29 is 0 Å². The van der Waals surface area contributed by atoms with Crippen LogP contribution in [0.25, 0.3) is 0 Å². The van der Waals surface area contributed by atoms with E-state index < -0.39 is 0 Å². The maximum Gasteiger partial charge on any atom is 0.0306 e. The van der Waals surface area contributed by atoms with Crippen molar-refractivity contribution >= 4 is 0 Å². The minimum atomic E-state index is 0.315. The molecule has 0 heterocycles. The van der Waals surface area contributed by atoms with Crippen molar-refractivity contribution in [3.63, 3.8) is 0 Å². The Hall–Kier alpha value is -0.440. The molecule has 0 saturated heterocycles. The number of hydrogen-bond donors (Lipinski definition) is 0. The van der Waals surface area contributed by atoms with E-state index in [4.69, 9.17) is 0 Å². The molecule has 0 aliphatic rings. The Morgan fingerprint density at radius 3 is 1.64 bits per heavy atom. The fraction of sp³-hybridized carbons (Fsp3) is 0.818. The number of rotatable bonds is 3. The molecule has 0 aliphatic carbocycles. The summed E-state index contributed by atoms with van der Waals surface area (Å²) in [7, 11) is 0. The van der Waals surface area contributed by atoms with E-state index in [1.54, 1.807) is 0 Å². The summed E-state index contributed by atoms with van der Waals surface area (Å²) in [4.78, 5) is 0. The van der Waals surface area contributed by atoms with Crippen molar-refractivity contribution in [3.8, 4) is 11.8 Å². The maximum atomic E-state index is 3.38. The first-order valence-corrected chi connectivity index (χ1v) is 4.74. The molecule has 0 heteroatoms. The molecule has 0 atom stereocenters. The summed E-state index contributed by atoms with van der Waals surface area (Å²) in [5.41, 5.74) is 0.315. The van der Waals surface area contributed by atoms with Crippen LogP contribution >= 0.6 is 0 Å². The van der Waals surface area contributed by atoms with E-state index in [1.807, 2.05) is 0 Å². The van der Waals surface area contributed by atoms with Gasteiger partial charge in [0.05, 0.1) is 0 Å². The topological polar surface area (TPSA) is 0 Å². The lowest BCUT2D eigenvalue weighted by Gasteiger charge is -2.23. The average molecular weight is 152 g/mol. The zero-order chi connectivity index (χ0) is 8.74. The molecule has 0 amide bonds. The van der Waals surface area contributed by atoms with Gasteiger partial charge < -0.3 is 0 Å². The van der Waals surface area contributed by atoms with E-state index >= 15 is 0 Å². The van der Waals surface area contributed by atoms with Crippen LogP contribution in [0.15, 0.2) is 0 Å². The molecule has 64 valence electrons. The van der Waals surface area contributed by atoms with Crippen LogP contribution < -0.4 is 0 Å². The summed E-state index contributed by atoms with van der Waals surface area (Å²) in [6.07, 6.45) is 4.55. The Morgan fingerprint density at radius 2 is 1.36 bits per heavy atom. The molecule has 11 heavy (non-hydrogen) atoms. The van der Waals surface area contributed by atoms with Crippen LogP contribution in [0.5, 0.6) is 0 Å². The first-order valence-electron chi connectivity index (χ1n) is 4.74. The molecular formula is C11H20. The van der Waals surface area contributed by atoms with Gasteiger partial charge >= 0.3 is 0 Å². The van der Waals surface area contributed by atoms with Crippen molar-refractivity contribution in [2.24, 2.45) is 5.41 Å². The van der Waals surface area contributed by atoms with Gasteiger partial charge in [-0.15, -0.1) is 5.92 Å². The lowest BCUT2D eigenvalue weighted by Crippen LogP contribution is -2.14. The fourth-order valence-electron chi connectivity index (χ4n) is 1.29. The third kappa shape index (κ3) is 2.97.